The molecule has 0 radical (unpaired) electrons. The van der Waals surface area contributed by atoms with Gasteiger partial charge < -0.3 is 4.74 Å². The summed E-state index contributed by atoms with van der Waals surface area (Å²) in [7, 11) is 0. The molecule has 0 heterocycles. The fourth-order valence-electron chi connectivity index (χ4n) is 4.08. The predicted octanol–water partition coefficient (Wildman–Crippen LogP) is 7.11. The number of hydrogen-bond acceptors (Lipinski definition) is 2. The molecule has 2 aromatic rings. The molecule has 1 fully saturated rings. The van der Waals surface area contributed by atoms with E-state index in [-0.39, 0.29) is 5.75 Å². The number of ether oxygens (including phenoxy) is 1. The smallest absolute Gasteiger partial charge is 0.426 e. The summed E-state index contributed by atoms with van der Waals surface area (Å²) in [5.74, 6) is -1.22. The lowest BCUT2D eigenvalue weighted by Gasteiger charge is -2.27. The van der Waals surface area contributed by atoms with Gasteiger partial charge in [0.2, 0.25) is 0 Å². The zero-order valence-corrected chi connectivity index (χ0v) is 16.9. The van der Waals surface area contributed by atoms with Gasteiger partial charge in [0.05, 0.1) is 5.56 Å². The van der Waals surface area contributed by atoms with Crippen LogP contribution in [0, 0.1) is 34.8 Å². The SMILES string of the molecule is CCC1CCC(CCc2ccc(OC(F)(F)c3cc(F)c(C#N)c(F)c3)cc2)CC1. The van der Waals surface area contributed by atoms with Gasteiger partial charge >= 0.3 is 6.11 Å². The van der Waals surface area contributed by atoms with Crippen LogP contribution < -0.4 is 4.74 Å². The first kappa shape index (κ1) is 22.1. The normalized spacial score (nSPS) is 19.3. The average molecular weight is 419 g/mol. The Morgan fingerprint density at radius 2 is 1.57 bits per heavy atom. The lowest BCUT2D eigenvalue weighted by atomic mass is 9.78. The minimum absolute atomic E-state index is 0.0996. The maximum absolute atomic E-state index is 14.4. The summed E-state index contributed by atoms with van der Waals surface area (Å²) < 4.78 is 60.7. The van der Waals surface area contributed by atoms with E-state index in [4.69, 9.17) is 10.00 Å². The molecule has 0 aliphatic heterocycles. The Morgan fingerprint density at radius 1 is 1.00 bits per heavy atom. The van der Waals surface area contributed by atoms with Crippen LogP contribution in [0.1, 0.15) is 62.1 Å². The number of halogens is 4. The monoisotopic (exact) mass is 419 g/mol. The van der Waals surface area contributed by atoms with Gasteiger partial charge in [0.25, 0.3) is 0 Å². The van der Waals surface area contributed by atoms with Crippen LogP contribution in [0.25, 0.3) is 0 Å². The molecule has 2 nitrogen and oxygen atoms in total. The molecular formula is C24H25F4NO. The highest BCUT2D eigenvalue weighted by Crippen LogP contribution is 2.35. The Kier molecular flexibility index (Phi) is 7.02. The third-order valence-electron chi connectivity index (χ3n) is 6.04. The molecule has 0 bridgehead atoms. The van der Waals surface area contributed by atoms with Crippen LogP contribution in [-0.2, 0) is 12.5 Å². The zero-order valence-electron chi connectivity index (χ0n) is 16.9. The summed E-state index contributed by atoms with van der Waals surface area (Å²) in [6.45, 7) is 2.24. The van der Waals surface area contributed by atoms with Gasteiger partial charge in [-0.15, -0.1) is 0 Å². The Bertz CT molecular complexity index is 873. The number of aryl methyl sites for hydroxylation is 1. The van der Waals surface area contributed by atoms with Crippen molar-refractivity contribution in [2.45, 2.75) is 58.0 Å². The molecule has 0 spiro atoms. The van der Waals surface area contributed by atoms with Crippen LogP contribution in [0.2, 0.25) is 0 Å². The van der Waals surface area contributed by atoms with Crippen LogP contribution in [0.5, 0.6) is 5.75 Å². The standard InChI is InChI=1S/C24H25F4NO/c1-2-16-3-5-17(6-4-16)7-8-18-9-11-20(12-10-18)30-24(27,28)19-13-22(25)21(15-29)23(26)14-19/h9-14,16-17H,2-8H2,1H3. The Morgan fingerprint density at radius 3 is 2.10 bits per heavy atom. The number of nitriles is 1. The fourth-order valence-corrected chi connectivity index (χ4v) is 4.08. The molecular weight excluding hydrogens is 394 g/mol. The van der Waals surface area contributed by atoms with E-state index < -0.39 is 28.9 Å². The number of nitrogens with zero attached hydrogens (tertiary/aromatic N) is 1. The minimum atomic E-state index is -3.94. The van der Waals surface area contributed by atoms with Crippen LogP contribution in [-0.4, -0.2) is 0 Å². The number of alkyl halides is 2. The average Bonchev–Trinajstić information content (AvgIpc) is 2.73. The van der Waals surface area contributed by atoms with Gasteiger partial charge in [0, 0.05) is 0 Å². The van der Waals surface area contributed by atoms with Crippen molar-refractivity contribution in [3.63, 3.8) is 0 Å². The zero-order chi connectivity index (χ0) is 21.7. The van der Waals surface area contributed by atoms with Crippen molar-refractivity contribution in [1.29, 1.82) is 5.26 Å². The molecule has 0 atom stereocenters. The van der Waals surface area contributed by atoms with Crippen LogP contribution in [0.15, 0.2) is 36.4 Å². The molecule has 1 aliphatic rings. The summed E-state index contributed by atoms with van der Waals surface area (Å²) >= 11 is 0. The van der Waals surface area contributed by atoms with E-state index in [0.29, 0.717) is 18.1 Å². The minimum Gasteiger partial charge on any atom is -0.429 e. The molecule has 0 unspecified atom stereocenters. The van der Waals surface area contributed by atoms with Gasteiger partial charge in [0.15, 0.2) is 0 Å². The second-order valence-corrected chi connectivity index (χ2v) is 8.02. The molecule has 2 aromatic carbocycles. The molecule has 0 N–H and O–H groups in total. The van der Waals surface area contributed by atoms with E-state index in [2.05, 4.69) is 6.92 Å². The van der Waals surface area contributed by atoms with Crippen molar-refractivity contribution < 1.29 is 22.3 Å². The molecule has 6 heteroatoms. The van der Waals surface area contributed by atoms with E-state index in [1.54, 1.807) is 12.1 Å². The summed E-state index contributed by atoms with van der Waals surface area (Å²) in [5, 5.41) is 8.66. The molecule has 30 heavy (non-hydrogen) atoms. The van der Waals surface area contributed by atoms with Gasteiger partial charge in [-0.05, 0) is 54.5 Å². The number of rotatable bonds is 7. The third kappa shape index (κ3) is 5.33. The third-order valence-corrected chi connectivity index (χ3v) is 6.04. The van der Waals surface area contributed by atoms with E-state index in [9.17, 15) is 17.6 Å². The molecule has 0 aromatic heterocycles. The van der Waals surface area contributed by atoms with E-state index >= 15 is 0 Å². The molecule has 0 saturated heterocycles. The predicted molar refractivity (Wildman–Crippen MR) is 106 cm³/mol. The Labute approximate surface area is 174 Å². The van der Waals surface area contributed by atoms with E-state index in [1.807, 2.05) is 0 Å². The molecule has 1 saturated carbocycles. The van der Waals surface area contributed by atoms with Gasteiger partial charge in [-0.1, -0.05) is 51.2 Å². The second kappa shape index (κ2) is 9.51. The van der Waals surface area contributed by atoms with Crippen molar-refractivity contribution in [2.75, 3.05) is 0 Å². The number of benzene rings is 2. The largest absolute Gasteiger partial charge is 0.429 e. The first-order valence-electron chi connectivity index (χ1n) is 10.4. The van der Waals surface area contributed by atoms with Crippen molar-refractivity contribution in [3.05, 3.63) is 64.7 Å². The highest BCUT2D eigenvalue weighted by atomic mass is 19.3. The topological polar surface area (TPSA) is 33.0 Å². The van der Waals surface area contributed by atoms with E-state index in [1.165, 1.54) is 50.3 Å². The summed E-state index contributed by atoms with van der Waals surface area (Å²) in [6.07, 6.45) is 4.36. The molecule has 1 aliphatic carbocycles. The quantitative estimate of drug-likeness (QED) is 0.448. The van der Waals surface area contributed by atoms with Crippen LogP contribution in [0.3, 0.4) is 0 Å². The van der Waals surface area contributed by atoms with Crippen molar-refractivity contribution in [1.82, 2.24) is 0 Å². The first-order valence-corrected chi connectivity index (χ1v) is 10.4. The van der Waals surface area contributed by atoms with Gasteiger partial charge in [-0.3, -0.25) is 0 Å². The molecule has 3 rings (SSSR count). The summed E-state index contributed by atoms with van der Waals surface area (Å²) in [5.41, 5.74) is -0.843. The van der Waals surface area contributed by atoms with Crippen molar-refractivity contribution in [2.24, 2.45) is 11.8 Å². The molecule has 0 amide bonds. The highest BCUT2D eigenvalue weighted by Gasteiger charge is 2.36. The van der Waals surface area contributed by atoms with Gasteiger partial charge in [-0.25, -0.2) is 8.78 Å². The summed E-state index contributed by atoms with van der Waals surface area (Å²) in [6, 6.07) is 8.50. The van der Waals surface area contributed by atoms with Crippen LogP contribution in [0.4, 0.5) is 17.6 Å². The van der Waals surface area contributed by atoms with Crippen molar-refractivity contribution in [3.8, 4) is 11.8 Å². The lowest BCUT2D eigenvalue weighted by molar-refractivity contribution is -0.185. The van der Waals surface area contributed by atoms with E-state index in [0.717, 1.165) is 24.3 Å². The van der Waals surface area contributed by atoms with Crippen molar-refractivity contribution >= 4 is 0 Å². The maximum atomic E-state index is 14.4. The molecule has 160 valence electrons. The maximum Gasteiger partial charge on any atom is 0.426 e. The Balaban J connectivity index is 1.59. The fraction of sp³-hybridized carbons (Fsp3) is 0.458. The highest BCUT2D eigenvalue weighted by molar-refractivity contribution is 5.37. The summed E-state index contributed by atoms with van der Waals surface area (Å²) in [4.78, 5) is 0. The van der Waals surface area contributed by atoms with Gasteiger partial charge in [-0.2, -0.15) is 14.0 Å². The van der Waals surface area contributed by atoms with Crippen LogP contribution >= 0.6 is 0 Å². The first-order chi connectivity index (χ1) is 14.3. The Hall–Kier alpha value is -2.55. The lowest BCUT2D eigenvalue weighted by Crippen LogP contribution is -2.22. The van der Waals surface area contributed by atoms with Gasteiger partial charge in [0.1, 0.15) is 29.0 Å². The second-order valence-electron chi connectivity index (χ2n) is 8.02. The number of hydrogen-bond donors (Lipinski definition) is 0.